The summed E-state index contributed by atoms with van der Waals surface area (Å²) in [6, 6.07) is 2.12. The number of rotatable bonds is 12. The molecule has 2 unspecified atom stereocenters. The standard InChI is InChI=1S/C25H32N4O6S2/c1-7-9-11-22(15-13-18(4)37(33,34)35)28-25-23(16-26)19(5)20(6)24(29-25)27-21(10-8-2)14-12-17(3)36(30,31)32/h7-15,17-18H,2H2,1,3-6H3,(H2,27,28,29)(H,30,31,32)(H,33,34,35)/b9-7-,14-12-,15-13-,21-10+,22-11+. The molecule has 1 rings (SSSR count). The fourth-order valence-corrected chi connectivity index (χ4v) is 3.25. The van der Waals surface area contributed by atoms with Gasteiger partial charge in [0, 0.05) is 11.4 Å². The van der Waals surface area contributed by atoms with E-state index >= 15 is 0 Å². The summed E-state index contributed by atoms with van der Waals surface area (Å²) in [6.45, 7) is 11.6. The predicted molar refractivity (Wildman–Crippen MR) is 147 cm³/mol. The van der Waals surface area contributed by atoms with Gasteiger partial charge in [0.25, 0.3) is 20.2 Å². The van der Waals surface area contributed by atoms with Crippen molar-refractivity contribution < 1.29 is 25.9 Å². The molecule has 0 aliphatic heterocycles. The Morgan fingerprint density at radius 1 is 0.946 bits per heavy atom. The molecule has 12 heteroatoms. The topological polar surface area (TPSA) is 169 Å². The monoisotopic (exact) mass is 548 g/mol. The molecule has 0 aliphatic rings. The first kappa shape index (κ1) is 31.5. The molecule has 0 radical (unpaired) electrons. The number of anilines is 2. The van der Waals surface area contributed by atoms with E-state index in [4.69, 9.17) is 0 Å². The molecule has 0 saturated heterocycles. The van der Waals surface area contributed by atoms with Crippen LogP contribution in [0.4, 0.5) is 11.6 Å². The van der Waals surface area contributed by atoms with Crippen LogP contribution in [0, 0.1) is 25.2 Å². The van der Waals surface area contributed by atoms with Crippen LogP contribution in [0.1, 0.15) is 37.5 Å². The maximum Gasteiger partial charge on any atom is 0.271 e. The van der Waals surface area contributed by atoms with Crippen molar-refractivity contribution in [2.45, 2.75) is 45.1 Å². The second-order valence-electron chi connectivity index (χ2n) is 7.96. The van der Waals surface area contributed by atoms with Gasteiger partial charge in [-0.3, -0.25) is 9.11 Å². The Balaban J connectivity index is 3.55. The number of allylic oxidation sites excluding steroid dienone is 7. The van der Waals surface area contributed by atoms with Gasteiger partial charge in [0.15, 0.2) is 5.82 Å². The Bertz CT molecular complexity index is 1410. The van der Waals surface area contributed by atoms with Gasteiger partial charge in [0.1, 0.15) is 22.4 Å². The summed E-state index contributed by atoms with van der Waals surface area (Å²) in [4.78, 5) is 4.54. The smallest absolute Gasteiger partial charge is 0.271 e. The maximum atomic E-state index is 11.4. The lowest BCUT2D eigenvalue weighted by Crippen LogP contribution is -2.14. The number of pyridine rings is 1. The Morgan fingerprint density at radius 3 is 1.86 bits per heavy atom. The molecule has 0 aromatic carbocycles. The van der Waals surface area contributed by atoms with E-state index in [1.54, 1.807) is 45.1 Å². The Labute approximate surface area is 219 Å². The third kappa shape index (κ3) is 9.82. The summed E-state index contributed by atoms with van der Waals surface area (Å²) in [5, 5.41) is 13.6. The van der Waals surface area contributed by atoms with E-state index in [1.807, 2.05) is 0 Å². The molecule has 37 heavy (non-hydrogen) atoms. The lowest BCUT2D eigenvalue weighted by atomic mass is 10.1. The zero-order valence-electron chi connectivity index (χ0n) is 21.3. The summed E-state index contributed by atoms with van der Waals surface area (Å²) >= 11 is 0. The van der Waals surface area contributed by atoms with Crippen LogP contribution in [0.15, 0.2) is 72.7 Å². The SMILES string of the molecule is C=C/C=C(\C=C/C(C)S(=O)(=O)O)Nc1nc(NC(/C=C\C(C)S(=O)(=O)O)=C/C=C\C)c(C#N)c(C)c1C. The summed E-state index contributed by atoms with van der Waals surface area (Å²) in [6.07, 6.45) is 13.6. The van der Waals surface area contributed by atoms with Gasteiger partial charge in [-0.05, 0) is 70.0 Å². The normalized spacial score (nSPS) is 15.2. The number of aromatic nitrogens is 1. The molecular formula is C25H32N4O6S2. The van der Waals surface area contributed by atoms with E-state index in [-0.39, 0.29) is 11.4 Å². The van der Waals surface area contributed by atoms with E-state index in [0.717, 1.165) is 0 Å². The average Bonchev–Trinajstić information content (AvgIpc) is 2.80. The molecule has 0 bridgehead atoms. The van der Waals surface area contributed by atoms with Crippen molar-refractivity contribution >= 4 is 31.9 Å². The van der Waals surface area contributed by atoms with E-state index in [1.165, 1.54) is 44.2 Å². The van der Waals surface area contributed by atoms with E-state index in [2.05, 4.69) is 28.3 Å². The Kier molecular flexibility index (Phi) is 11.7. The molecule has 0 aliphatic carbocycles. The predicted octanol–water partition coefficient (Wildman–Crippen LogP) is 4.59. The van der Waals surface area contributed by atoms with Crippen LogP contribution < -0.4 is 10.6 Å². The number of nitrogens with zero attached hydrogens (tertiary/aromatic N) is 2. The highest BCUT2D eigenvalue weighted by molar-refractivity contribution is 7.86. The van der Waals surface area contributed by atoms with Crippen LogP contribution in [0.25, 0.3) is 0 Å². The second kappa shape index (κ2) is 13.7. The van der Waals surface area contributed by atoms with Gasteiger partial charge >= 0.3 is 0 Å². The second-order valence-corrected chi connectivity index (χ2v) is 11.5. The van der Waals surface area contributed by atoms with Crippen LogP contribution >= 0.6 is 0 Å². The van der Waals surface area contributed by atoms with Crippen molar-refractivity contribution in [3.05, 3.63) is 89.3 Å². The number of hydrogen-bond acceptors (Lipinski definition) is 8. The fourth-order valence-electron chi connectivity index (χ4n) is 2.70. The molecule has 0 spiro atoms. The Hall–Kier alpha value is -3.50. The molecule has 200 valence electrons. The van der Waals surface area contributed by atoms with Crippen molar-refractivity contribution in [2.75, 3.05) is 10.6 Å². The quantitative estimate of drug-likeness (QED) is 0.214. The van der Waals surface area contributed by atoms with Crippen molar-refractivity contribution in [3.63, 3.8) is 0 Å². The lowest BCUT2D eigenvalue weighted by molar-refractivity contribution is 0.475. The summed E-state index contributed by atoms with van der Waals surface area (Å²) < 4.78 is 63.9. The van der Waals surface area contributed by atoms with Gasteiger partial charge in [-0.25, -0.2) is 4.98 Å². The highest BCUT2D eigenvalue weighted by Gasteiger charge is 2.17. The largest absolute Gasteiger partial charge is 0.340 e. The fraction of sp³-hybridized carbons (Fsp3) is 0.280. The molecule has 1 aromatic rings. The van der Waals surface area contributed by atoms with Crippen LogP contribution in [-0.2, 0) is 20.2 Å². The van der Waals surface area contributed by atoms with Crippen molar-refractivity contribution in [1.82, 2.24) is 4.98 Å². The van der Waals surface area contributed by atoms with E-state index in [9.17, 15) is 31.2 Å². The van der Waals surface area contributed by atoms with Crippen molar-refractivity contribution in [3.8, 4) is 6.07 Å². The average molecular weight is 549 g/mol. The first-order chi connectivity index (χ1) is 17.1. The molecule has 10 nitrogen and oxygen atoms in total. The summed E-state index contributed by atoms with van der Waals surface area (Å²) in [5.41, 5.74) is 2.35. The lowest BCUT2D eigenvalue weighted by Gasteiger charge is -2.17. The van der Waals surface area contributed by atoms with Crippen LogP contribution in [0.2, 0.25) is 0 Å². The van der Waals surface area contributed by atoms with Gasteiger partial charge in [-0.15, -0.1) is 0 Å². The third-order valence-corrected chi connectivity index (χ3v) is 7.38. The molecule has 0 fully saturated rings. The molecule has 1 heterocycles. The highest BCUT2D eigenvalue weighted by atomic mass is 32.2. The molecular weight excluding hydrogens is 516 g/mol. The first-order valence-electron chi connectivity index (χ1n) is 11.1. The first-order valence-corrected chi connectivity index (χ1v) is 14.1. The number of nitriles is 1. The summed E-state index contributed by atoms with van der Waals surface area (Å²) in [5.74, 6) is 0.540. The zero-order chi connectivity index (χ0) is 28.4. The Morgan fingerprint density at radius 2 is 1.43 bits per heavy atom. The molecule has 2 atom stereocenters. The van der Waals surface area contributed by atoms with Crippen molar-refractivity contribution in [2.24, 2.45) is 0 Å². The number of hydrogen-bond donors (Lipinski definition) is 4. The minimum atomic E-state index is -4.28. The highest BCUT2D eigenvalue weighted by Crippen LogP contribution is 2.28. The zero-order valence-corrected chi connectivity index (χ0v) is 22.9. The molecule has 0 saturated carbocycles. The van der Waals surface area contributed by atoms with Gasteiger partial charge < -0.3 is 10.6 Å². The van der Waals surface area contributed by atoms with Crippen LogP contribution in [0.3, 0.4) is 0 Å². The molecule has 0 amide bonds. The minimum Gasteiger partial charge on any atom is -0.340 e. The van der Waals surface area contributed by atoms with Gasteiger partial charge in [0.05, 0.1) is 5.56 Å². The van der Waals surface area contributed by atoms with Gasteiger partial charge in [-0.2, -0.15) is 22.1 Å². The minimum absolute atomic E-state index is 0.182. The van der Waals surface area contributed by atoms with E-state index in [0.29, 0.717) is 28.3 Å². The molecule has 1 aromatic heterocycles. The van der Waals surface area contributed by atoms with Crippen LogP contribution in [0.5, 0.6) is 0 Å². The number of nitrogens with one attached hydrogen (secondary N) is 2. The van der Waals surface area contributed by atoms with Crippen LogP contribution in [-0.4, -0.2) is 41.4 Å². The van der Waals surface area contributed by atoms with E-state index < -0.39 is 30.7 Å². The third-order valence-electron chi connectivity index (χ3n) is 5.19. The maximum absolute atomic E-state index is 11.4. The van der Waals surface area contributed by atoms with Crippen molar-refractivity contribution in [1.29, 1.82) is 5.26 Å². The molecule has 4 N–H and O–H groups in total. The van der Waals surface area contributed by atoms with Gasteiger partial charge in [-0.1, -0.05) is 37.0 Å². The van der Waals surface area contributed by atoms with Gasteiger partial charge in [0.2, 0.25) is 0 Å². The summed E-state index contributed by atoms with van der Waals surface area (Å²) in [7, 11) is -8.54.